The maximum absolute atomic E-state index is 4.92. The third kappa shape index (κ3) is 21.3. The van der Waals surface area contributed by atoms with Gasteiger partial charge in [-0.1, -0.05) is 156 Å². The molecule has 0 unspecified atom stereocenters. The molecule has 10 heteroatoms. The normalized spacial score (nSPS) is 12.5. The molecule has 3 aromatic rings. The molecule has 0 saturated carbocycles. The number of hydrogen-bond donors (Lipinski definition) is 0. The van der Waals surface area contributed by atoms with Crippen LogP contribution in [0.5, 0.6) is 0 Å². The van der Waals surface area contributed by atoms with Crippen molar-refractivity contribution in [2.75, 3.05) is 0 Å². The molecule has 0 saturated heterocycles. The Balaban J connectivity index is 0.000000673. The summed E-state index contributed by atoms with van der Waals surface area (Å²) >= 11 is 0. The van der Waals surface area contributed by atoms with Crippen molar-refractivity contribution >= 4 is 44.6 Å². The molecule has 0 bridgehead atoms. The van der Waals surface area contributed by atoms with Gasteiger partial charge in [-0.05, 0) is 37.1 Å². The Morgan fingerprint density at radius 2 is 0.814 bits per heavy atom. The van der Waals surface area contributed by atoms with E-state index in [0.717, 1.165) is 22.8 Å². The van der Waals surface area contributed by atoms with Gasteiger partial charge in [-0.15, -0.1) is 0 Å². The van der Waals surface area contributed by atoms with Crippen LogP contribution in [-0.2, 0) is 16.5 Å². The van der Waals surface area contributed by atoms with Crippen LogP contribution in [0.15, 0.2) is 88.4 Å². The van der Waals surface area contributed by atoms with Crippen molar-refractivity contribution < 1.29 is 16.5 Å². The maximum Gasteiger partial charge on any atom is 2.00 e. The molecule has 0 fully saturated rings. The number of rotatable bonds is 6. The van der Waals surface area contributed by atoms with Gasteiger partial charge >= 0.3 is 16.5 Å². The van der Waals surface area contributed by atoms with Gasteiger partial charge in [-0.25, -0.2) is 0 Å². The Hall–Kier alpha value is -2.11. The minimum absolute atomic E-state index is 0. The first kappa shape index (κ1) is 40.9. The SMILES string of the molecule is Cc1ccc(/C(=N\[Si](C)(C)C)[N-][Si](C)(C)C)cc1.Cc1ccc(/C(=N\[Si](C)(C)C)[N-][Si](C)(C)C)cc1.[Ni+2].c1ccncc1. The minimum atomic E-state index is -1.50. The second-order valence-corrected chi connectivity index (χ2v) is 32.8. The number of hydrogen-bond acceptors (Lipinski definition) is 3. The molecule has 1 aromatic heterocycles. The zero-order valence-electron chi connectivity index (χ0n) is 29.1. The van der Waals surface area contributed by atoms with Gasteiger partial charge in [0, 0.05) is 45.3 Å². The van der Waals surface area contributed by atoms with E-state index in [0.29, 0.717) is 0 Å². The third-order valence-electron chi connectivity index (χ3n) is 4.95. The number of aryl methyl sites for hydroxylation is 2. The molecule has 2 aromatic carbocycles. The van der Waals surface area contributed by atoms with Crippen LogP contribution in [0, 0.1) is 13.8 Å². The summed E-state index contributed by atoms with van der Waals surface area (Å²) in [5, 5.41) is 0. The monoisotopic (exact) mass is 691 g/mol. The molecule has 0 amide bonds. The molecule has 0 aliphatic heterocycles. The van der Waals surface area contributed by atoms with Gasteiger partial charge in [0.05, 0.1) is 0 Å². The Labute approximate surface area is 277 Å². The number of amidine groups is 2. The summed E-state index contributed by atoms with van der Waals surface area (Å²) in [6.07, 6.45) is 3.50. The van der Waals surface area contributed by atoms with Crippen LogP contribution < -0.4 is 0 Å². The van der Waals surface area contributed by atoms with Gasteiger partial charge in [0.25, 0.3) is 0 Å². The average molecular weight is 693 g/mol. The predicted molar refractivity (Wildman–Crippen MR) is 200 cm³/mol. The molecular formula is C33H55N5NiSi4. The zero-order valence-corrected chi connectivity index (χ0v) is 34.0. The van der Waals surface area contributed by atoms with Crippen molar-refractivity contribution in [1.82, 2.24) is 4.98 Å². The standard InChI is InChI=1S/2C14H25N2Si2.C5H5N.Ni/c2*1-12-8-10-13(11-9-12)14(15-17(2,3)4)16-18(5,6)7;1-2-4-6-5-3-1;/h2*8-11H,1-7H3;1-5H;/q2*-1;;+2. The first-order chi connectivity index (χ1) is 19.1. The van der Waals surface area contributed by atoms with Crippen LogP contribution in [0.1, 0.15) is 22.3 Å². The zero-order chi connectivity index (χ0) is 32.2. The summed E-state index contributed by atoms with van der Waals surface area (Å²) in [4.78, 5) is 13.6. The summed E-state index contributed by atoms with van der Waals surface area (Å²) < 4.78 is 9.84. The van der Waals surface area contributed by atoms with Crippen molar-refractivity contribution in [3.63, 3.8) is 0 Å². The smallest absolute Gasteiger partial charge is 0.472 e. The van der Waals surface area contributed by atoms with Crippen molar-refractivity contribution in [3.05, 3.63) is 111 Å². The quantitative estimate of drug-likeness (QED) is 0.144. The van der Waals surface area contributed by atoms with Gasteiger partial charge in [-0.2, -0.15) is 0 Å². The Morgan fingerprint density at radius 3 is 1.00 bits per heavy atom. The van der Waals surface area contributed by atoms with Gasteiger partial charge in [0.1, 0.15) is 0 Å². The molecule has 3 rings (SSSR count). The van der Waals surface area contributed by atoms with Gasteiger partial charge in [0.15, 0.2) is 0 Å². The molecular weight excluding hydrogens is 637 g/mol. The molecule has 0 spiro atoms. The number of pyridine rings is 1. The summed E-state index contributed by atoms with van der Waals surface area (Å²) in [5.74, 6) is 1.93. The summed E-state index contributed by atoms with van der Waals surface area (Å²) in [6.45, 7) is 31.2. The molecule has 0 N–H and O–H groups in total. The second kappa shape index (κ2) is 18.0. The summed E-state index contributed by atoms with van der Waals surface area (Å²) in [5.41, 5.74) is 4.87. The minimum Gasteiger partial charge on any atom is -0.472 e. The van der Waals surface area contributed by atoms with E-state index in [-0.39, 0.29) is 16.5 Å². The number of aromatic nitrogens is 1. The van der Waals surface area contributed by atoms with Gasteiger partial charge in [-0.3, -0.25) is 4.98 Å². The van der Waals surface area contributed by atoms with Crippen LogP contribution in [-0.4, -0.2) is 49.6 Å². The average Bonchev–Trinajstić information content (AvgIpc) is 2.83. The largest absolute Gasteiger partial charge is 2.00 e. The Bertz CT molecular complexity index is 1140. The van der Waals surface area contributed by atoms with Crippen LogP contribution in [0.4, 0.5) is 0 Å². The van der Waals surface area contributed by atoms with Crippen LogP contribution in [0.3, 0.4) is 0 Å². The molecule has 0 aliphatic rings. The van der Waals surface area contributed by atoms with Crippen LogP contribution in [0.25, 0.3) is 9.96 Å². The molecule has 238 valence electrons. The first-order valence-electron chi connectivity index (χ1n) is 14.8. The van der Waals surface area contributed by atoms with Crippen LogP contribution in [0.2, 0.25) is 78.6 Å². The Kier molecular flexibility index (Phi) is 17.1. The predicted octanol–water partition coefficient (Wildman–Crippen LogP) is 10.6. The summed E-state index contributed by atoms with van der Waals surface area (Å²) in [6, 6.07) is 22.8. The fourth-order valence-electron chi connectivity index (χ4n) is 3.30. The van der Waals surface area contributed by atoms with E-state index < -0.39 is 32.9 Å². The van der Waals surface area contributed by atoms with E-state index in [1.54, 1.807) is 12.4 Å². The van der Waals surface area contributed by atoms with Gasteiger partial charge in [0.2, 0.25) is 0 Å². The fraction of sp³-hybridized carbons (Fsp3) is 0.424. The third-order valence-corrected chi connectivity index (χ3v) is 8.48. The maximum atomic E-state index is 4.92. The molecule has 0 radical (unpaired) electrons. The molecule has 43 heavy (non-hydrogen) atoms. The number of benzene rings is 2. The topological polar surface area (TPSA) is 65.8 Å². The fourth-order valence-corrected chi connectivity index (χ4v) is 6.75. The van der Waals surface area contributed by atoms with Crippen molar-refractivity contribution in [2.24, 2.45) is 9.32 Å². The molecule has 0 aliphatic carbocycles. The molecule has 5 nitrogen and oxygen atoms in total. The molecule has 1 heterocycles. The van der Waals surface area contributed by atoms with Crippen molar-refractivity contribution in [2.45, 2.75) is 92.4 Å². The van der Waals surface area contributed by atoms with E-state index in [1.165, 1.54) is 11.1 Å². The van der Waals surface area contributed by atoms with Gasteiger partial charge < -0.3 is 19.3 Å². The van der Waals surface area contributed by atoms with E-state index in [2.05, 4.69) is 146 Å². The number of nitrogens with zero attached hydrogens (tertiary/aromatic N) is 5. The van der Waals surface area contributed by atoms with E-state index in [9.17, 15) is 0 Å². The molecule has 0 atom stereocenters. The van der Waals surface area contributed by atoms with E-state index in [4.69, 9.17) is 19.3 Å². The van der Waals surface area contributed by atoms with Crippen molar-refractivity contribution in [3.8, 4) is 0 Å². The second-order valence-electron chi connectivity index (χ2n) is 14.5. The van der Waals surface area contributed by atoms with E-state index >= 15 is 0 Å². The van der Waals surface area contributed by atoms with Crippen LogP contribution >= 0.6 is 0 Å². The Morgan fingerprint density at radius 1 is 0.512 bits per heavy atom. The van der Waals surface area contributed by atoms with E-state index in [1.807, 2.05) is 18.2 Å². The van der Waals surface area contributed by atoms with Crippen molar-refractivity contribution in [1.29, 1.82) is 0 Å². The summed E-state index contributed by atoms with van der Waals surface area (Å²) in [7, 11) is -6.00. The first-order valence-corrected chi connectivity index (χ1v) is 28.6.